The summed E-state index contributed by atoms with van der Waals surface area (Å²) in [6.07, 6.45) is -1.53. The molecule has 21 heavy (non-hydrogen) atoms. The Morgan fingerprint density at radius 2 is 2.24 bits per heavy atom. The van der Waals surface area contributed by atoms with E-state index in [1.807, 2.05) is 5.32 Å². The molecule has 0 spiro atoms. The van der Waals surface area contributed by atoms with Gasteiger partial charge in [0.05, 0.1) is 10.6 Å². The van der Waals surface area contributed by atoms with E-state index in [-0.39, 0.29) is 0 Å². The predicted octanol–water partition coefficient (Wildman–Crippen LogP) is 0.0106. The summed E-state index contributed by atoms with van der Waals surface area (Å²) in [4.78, 5) is 37.6. The zero-order chi connectivity index (χ0) is 15.7. The van der Waals surface area contributed by atoms with Gasteiger partial charge in [-0.3, -0.25) is 14.9 Å². The van der Waals surface area contributed by atoms with E-state index in [1.54, 1.807) is 0 Å². The molecular weight excluding hydrogens is 289 g/mol. The monoisotopic (exact) mass is 299 g/mol. The quantitative estimate of drug-likeness (QED) is 0.458. The number of anilines is 1. The van der Waals surface area contributed by atoms with E-state index in [1.165, 1.54) is 7.05 Å². The van der Waals surface area contributed by atoms with Crippen LogP contribution in [0, 0.1) is 21.8 Å². The Bertz CT molecular complexity index is 622. The molecule has 10 heteroatoms. The minimum Gasteiger partial charge on any atom is -0.374 e. The van der Waals surface area contributed by atoms with Crippen LogP contribution in [0.2, 0.25) is 0 Å². The summed E-state index contributed by atoms with van der Waals surface area (Å²) in [5, 5.41) is 23.0. The lowest BCUT2D eigenvalue weighted by Crippen LogP contribution is -2.37. The van der Waals surface area contributed by atoms with Crippen molar-refractivity contribution in [1.82, 2.24) is 5.06 Å². The van der Waals surface area contributed by atoms with Gasteiger partial charge in [-0.15, -0.1) is 5.06 Å². The van der Waals surface area contributed by atoms with Crippen LogP contribution in [0.25, 0.3) is 0 Å². The van der Waals surface area contributed by atoms with Gasteiger partial charge in [-0.05, 0) is 6.07 Å². The molecule has 0 saturated carbocycles. The molecular formula is C11H10FN3O6. The fourth-order valence-electron chi connectivity index (χ4n) is 1.76. The van der Waals surface area contributed by atoms with Crippen molar-refractivity contribution < 1.29 is 28.8 Å². The molecule has 1 aliphatic rings. The number of benzene rings is 1. The van der Waals surface area contributed by atoms with E-state index in [9.17, 15) is 29.2 Å². The number of nitrogens with zero attached hydrogens (tertiary/aromatic N) is 2. The number of amides is 1. The second-order valence-corrected chi connectivity index (χ2v) is 4.26. The Morgan fingerprint density at radius 3 is 2.76 bits per heavy atom. The highest BCUT2D eigenvalue weighted by atomic mass is 19.1. The molecule has 1 amide bonds. The van der Waals surface area contributed by atoms with Crippen LogP contribution in [0.1, 0.15) is 0 Å². The molecule has 1 aromatic carbocycles. The van der Waals surface area contributed by atoms with Crippen LogP contribution in [0.3, 0.4) is 0 Å². The molecule has 2 unspecified atom stereocenters. The first-order valence-corrected chi connectivity index (χ1v) is 5.69. The van der Waals surface area contributed by atoms with E-state index in [4.69, 9.17) is 0 Å². The Kier molecular flexibility index (Phi) is 3.82. The Morgan fingerprint density at radius 1 is 1.57 bits per heavy atom. The average molecular weight is 299 g/mol. The van der Waals surface area contributed by atoms with Crippen LogP contribution in [0.5, 0.6) is 0 Å². The summed E-state index contributed by atoms with van der Waals surface area (Å²) in [6.45, 7) is 0. The van der Waals surface area contributed by atoms with Gasteiger partial charge in [-0.2, -0.15) is 0 Å². The summed E-state index contributed by atoms with van der Waals surface area (Å²) < 4.78 is 13.5. The first kappa shape index (κ1) is 14.8. The summed E-state index contributed by atoms with van der Waals surface area (Å²) in [5.41, 5.74) is -0.901. The second-order valence-electron chi connectivity index (χ2n) is 4.26. The molecule has 2 rings (SSSR count). The van der Waals surface area contributed by atoms with E-state index in [0.717, 1.165) is 23.3 Å². The minimum atomic E-state index is -1.58. The largest absolute Gasteiger partial charge is 0.374 e. The predicted molar refractivity (Wildman–Crippen MR) is 65.0 cm³/mol. The number of halogens is 1. The van der Waals surface area contributed by atoms with Crippen LogP contribution < -0.4 is 5.32 Å². The first-order valence-electron chi connectivity index (χ1n) is 5.69. The van der Waals surface area contributed by atoms with Crippen molar-refractivity contribution in [3.8, 4) is 0 Å². The maximum Gasteiger partial charge on any atom is 0.341 e. The maximum atomic E-state index is 13.5. The molecule has 1 fully saturated rings. The Hall–Kier alpha value is -2.59. The first-order chi connectivity index (χ1) is 9.81. The van der Waals surface area contributed by atoms with Crippen molar-refractivity contribution >= 4 is 23.3 Å². The number of hydrogen-bond donors (Lipinski definition) is 2. The van der Waals surface area contributed by atoms with Crippen molar-refractivity contribution in [3.63, 3.8) is 0 Å². The molecule has 2 atom stereocenters. The molecule has 0 aliphatic carbocycles. The van der Waals surface area contributed by atoms with Gasteiger partial charge in [0.2, 0.25) is 5.91 Å². The Labute approximate surface area is 117 Å². The molecule has 2 N–H and O–H groups in total. The number of non-ortho nitro benzene ring substituents is 1. The van der Waals surface area contributed by atoms with Gasteiger partial charge in [0.25, 0.3) is 5.69 Å². The second kappa shape index (κ2) is 5.42. The Balaban J connectivity index is 2.22. The number of nitrogens with one attached hydrogen (secondary N) is 1. The number of rotatable bonds is 3. The minimum absolute atomic E-state index is 0.432. The maximum absolute atomic E-state index is 13.5. The molecule has 0 aromatic heterocycles. The molecule has 112 valence electrons. The summed E-state index contributed by atoms with van der Waals surface area (Å²) >= 11 is 0. The number of nitro groups is 1. The van der Waals surface area contributed by atoms with Gasteiger partial charge < -0.3 is 15.3 Å². The molecule has 0 bridgehead atoms. The fraction of sp³-hybridized carbons (Fsp3) is 0.273. The number of nitro benzene ring substituents is 1. The zero-order valence-corrected chi connectivity index (χ0v) is 10.6. The van der Waals surface area contributed by atoms with E-state index in [2.05, 4.69) is 4.84 Å². The third-order valence-electron chi connectivity index (χ3n) is 2.86. The van der Waals surface area contributed by atoms with E-state index >= 15 is 0 Å². The van der Waals surface area contributed by atoms with Crippen molar-refractivity contribution in [3.05, 3.63) is 34.1 Å². The zero-order valence-electron chi connectivity index (χ0n) is 10.6. The van der Waals surface area contributed by atoms with Crippen LogP contribution in [0.15, 0.2) is 18.2 Å². The number of carbonyl (C=O) groups is 2. The van der Waals surface area contributed by atoms with Gasteiger partial charge >= 0.3 is 5.97 Å². The van der Waals surface area contributed by atoms with Crippen molar-refractivity contribution in [2.45, 2.75) is 6.23 Å². The van der Waals surface area contributed by atoms with Crippen molar-refractivity contribution in [2.24, 2.45) is 5.92 Å². The average Bonchev–Trinajstić information content (AvgIpc) is 2.65. The molecule has 0 radical (unpaired) electrons. The summed E-state index contributed by atoms with van der Waals surface area (Å²) in [6, 6.07) is 2.55. The highest BCUT2D eigenvalue weighted by molar-refractivity contribution is 6.06. The number of aliphatic hydroxyl groups excluding tert-OH is 1. The van der Waals surface area contributed by atoms with Crippen LogP contribution in [0.4, 0.5) is 15.8 Å². The standard InChI is InChI=1S/C11H10FN3O6/c1-14-10(17)8(11(18)21-14)9(16)13-7-4-5(15(19)20)2-3-6(7)12/h2-4,8,10,17H,1H3,(H,13,16). The lowest BCUT2D eigenvalue weighted by atomic mass is 10.1. The molecule has 1 saturated heterocycles. The summed E-state index contributed by atoms with van der Waals surface area (Å²) in [5.74, 6) is -4.53. The SMILES string of the molecule is CN1OC(=O)C(C(=O)Nc2cc([N+](=O)[O-])ccc2F)C1O. The van der Waals surface area contributed by atoms with Crippen LogP contribution in [-0.4, -0.2) is 40.2 Å². The fourth-order valence-corrected chi connectivity index (χ4v) is 1.76. The van der Waals surface area contributed by atoms with Gasteiger partial charge in [0, 0.05) is 19.2 Å². The third kappa shape index (κ3) is 2.80. The number of aliphatic hydroxyl groups is 1. The third-order valence-corrected chi connectivity index (χ3v) is 2.86. The summed E-state index contributed by atoms with van der Waals surface area (Å²) in [7, 11) is 1.24. The smallest absolute Gasteiger partial charge is 0.341 e. The van der Waals surface area contributed by atoms with Gasteiger partial charge in [-0.25, -0.2) is 9.18 Å². The van der Waals surface area contributed by atoms with Crippen LogP contribution in [-0.2, 0) is 14.4 Å². The van der Waals surface area contributed by atoms with Crippen molar-refractivity contribution in [1.29, 1.82) is 0 Å². The van der Waals surface area contributed by atoms with E-state index in [0.29, 0.717) is 0 Å². The number of hydroxylamine groups is 2. The van der Waals surface area contributed by atoms with Gasteiger partial charge in [0.1, 0.15) is 5.82 Å². The highest BCUT2D eigenvalue weighted by Gasteiger charge is 2.45. The topological polar surface area (TPSA) is 122 Å². The molecule has 1 aromatic rings. The molecule has 1 heterocycles. The van der Waals surface area contributed by atoms with Gasteiger partial charge in [-0.1, -0.05) is 0 Å². The number of carbonyl (C=O) groups excluding carboxylic acids is 2. The van der Waals surface area contributed by atoms with Crippen molar-refractivity contribution in [2.75, 3.05) is 12.4 Å². The number of hydrogen-bond acceptors (Lipinski definition) is 7. The van der Waals surface area contributed by atoms with Crippen LogP contribution >= 0.6 is 0 Å². The highest BCUT2D eigenvalue weighted by Crippen LogP contribution is 2.24. The lowest BCUT2D eigenvalue weighted by molar-refractivity contribution is -0.384. The van der Waals surface area contributed by atoms with Gasteiger partial charge in [0.15, 0.2) is 12.1 Å². The molecule has 1 aliphatic heterocycles. The normalized spacial score (nSPS) is 22.0. The lowest BCUT2D eigenvalue weighted by Gasteiger charge is -2.13. The molecule has 9 nitrogen and oxygen atoms in total. The van der Waals surface area contributed by atoms with E-state index < -0.39 is 46.1 Å².